The molecule has 26 heavy (non-hydrogen) atoms. The van der Waals surface area contributed by atoms with Crippen molar-refractivity contribution in [1.82, 2.24) is 15.1 Å². The minimum Gasteiger partial charge on any atom is -0.378 e. The monoisotopic (exact) mass is 360 g/mol. The van der Waals surface area contributed by atoms with Crippen LogP contribution in [0.3, 0.4) is 0 Å². The fourth-order valence-electron chi connectivity index (χ4n) is 3.45. The van der Waals surface area contributed by atoms with E-state index in [0.29, 0.717) is 6.10 Å². The van der Waals surface area contributed by atoms with Crippen LogP contribution in [-0.2, 0) is 17.8 Å². The molecule has 0 amide bonds. The maximum Gasteiger partial charge on any atom is 0.193 e. The summed E-state index contributed by atoms with van der Waals surface area (Å²) in [5.74, 6) is 0.993. The number of benzene rings is 1. The van der Waals surface area contributed by atoms with Gasteiger partial charge in [-0.2, -0.15) is 0 Å². The Balaban J connectivity index is 1.81. The summed E-state index contributed by atoms with van der Waals surface area (Å²) in [7, 11) is 1.87. The highest BCUT2D eigenvalue weighted by Gasteiger charge is 2.21. The van der Waals surface area contributed by atoms with Crippen LogP contribution in [0.5, 0.6) is 0 Å². The summed E-state index contributed by atoms with van der Waals surface area (Å²) in [5.41, 5.74) is 2.67. The highest BCUT2D eigenvalue weighted by molar-refractivity contribution is 5.79. The zero-order chi connectivity index (χ0) is 18.8. The van der Waals surface area contributed by atoms with Crippen LogP contribution in [-0.4, -0.2) is 61.7 Å². The van der Waals surface area contributed by atoms with Crippen molar-refractivity contribution >= 4 is 5.96 Å². The van der Waals surface area contributed by atoms with Crippen LogP contribution < -0.4 is 5.32 Å². The zero-order valence-corrected chi connectivity index (χ0v) is 17.0. The average molecular weight is 361 g/mol. The van der Waals surface area contributed by atoms with Gasteiger partial charge in [-0.05, 0) is 44.0 Å². The summed E-state index contributed by atoms with van der Waals surface area (Å²) in [5, 5.41) is 3.51. The molecule has 0 aromatic heterocycles. The van der Waals surface area contributed by atoms with Gasteiger partial charge in [-0.3, -0.25) is 9.89 Å². The zero-order valence-electron chi connectivity index (χ0n) is 17.0. The molecule has 1 heterocycles. The molecule has 0 spiro atoms. The summed E-state index contributed by atoms with van der Waals surface area (Å²) < 4.78 is 5.74. The van der Waals surface area contributed by atoms with E-state index in [9.17, 15) is 0 Å². The molecule has 0 unspecified atom stereocenters. The Kier molecular flexibility index (Phi) is 8.92. The maximum atomic E-state index is 5.74. The highest BCUT2D eigenvalue weighted by atomic mass is 16.5. The molecule has 0 aliphatic carbocycles. The molecule has 0 radical (unpaired) electrons. The van der Waals surface area contributed by atoms with Gasteiger partial charge in [0, 0.05) is 39.8 Å². The molecule has 2 rings (SSSR count). The minimum absolute atomic E-state index is 0.410. The lowest BCUT2D eigenvalue weighted by Gasteiger charge is -2.34. The summed E-state index contributed by atoms with van der Waals surface area (Å²) in [6, 6.07) is 8.93. The van der Waals surface area contributed by atoms with Crippen molar-refractivity contribution < 1.29 is 4.74 Å². The van der Waals surface area contributed by atoms with Gasteiger partial charge in [0.2, 0.25) is 0 Å². The van der Waals surface area contributed by atoms with Crippen molar-refractivity contribution in [2.24, 2.45) is 4.99 Å². The fraction of sp³-hybridized carbons (Fsp3) is 0.667. The lowest BCUT2D eigenvalue weighted by molar-refractivity contribution is 0.0263. The second kappa shape index (κ2) is 11.2. The SMILES string of the molecule is CCOC1CCN(C(=NC)NCc2ccc(CN(CC)CC)cc2)CC1. The molecule has 1 aromatic rings. The quantitative estimate of drug-likeness (QED) is 0.571. The summed E-state index contributed by atoms with van der Waals surface area (Å²) in [4.78, 5) is 9.23. The van der Waals surface area contributed by atoms with Crippen molar-refractivity contribution in [2.75, 3.05) is 39.8 Å². The Labute approximate surface area is 159 Å². The van der Waals surface area contributed by atoms with Crippen LogP contribution in [0.1, 0.15) is 44.7 Å². The van der Waals surface area contributed by atoms with Crippen LogP contribution in [0, 0.1) is 0 Å². The summed E-state index contributed by atoms with van der Waals surface area (Å²) >= 11 is 0. The van der Waals surface area contributed by atoms with E-state index in [4.69, 9.17) is 4.74 Å². The number of rotatable bonds is 8. The van der Waals surface area contributed by atoms with E-state index in [1.165, 1.54) is 11.1 Å². The number of nitrogens with zero attached hydrogens (tertiary/aromatic N) is 3. The number of likely N-dealkylation sites (tertiary alicyclic amines) is 1. The molecule has 1 aliphatic rings. The van der Waals surface area contributed by atoms with Gasteiger partial charge in [0.1, 0.15) is 0 Å². The van der Waals surface area contributed by atoms with Gasteiger partial charge in [-0.15, -0.1) is 0 Å². The molecule has 5 heteroatoms. The first-order valence-electron chi connectivity index (χ1n) is 10.1. The number of ether oxygens (including phenoxy) is 1. The Hall–Kier alpha value is -1.59. The van der Waals surface area contributed by atoms with Gasteiger partial charge < -0.3 is 15.0 Å². The van der Waals surface area contributed by atoms with Crippen LogP contribution in [0.25, 0.3) is 0 Å². The van der Waals surface area contributed by atoms with E-state index in [0.717, 1.165) is 64.7 Å². The van der Waals surface area contributed by atoms with Crippen molar-refractivity contribution in [3.63, 3.8) is 0 Å². The molecule has 1 saturated heterocycles. The largest absolute Gasteiger partial charge is 0.378 e. The van der Waals surface area contributed by atoms with E-state index in [1.807, 2.05) is 7.05 Å². The fourth-order valence-corrected chi connectivity index (χ4v) is 3.45. The third kappa shape index (κ3) is 6.29. The number of hydrogen-bond donors (Lipinski definition) is 1. The van der Waals surface area contributed by atoms with Crippen molar-refractivity contribution in [1.29, 1.82) is 0 Å². The summed E-state index contributed by atoms with van der Waals surface area (Å²) in [6.45, 7) is 13.3. The van der Waals surface area contributed by atoms with Crippen LogP contribution in [0.15, 0.2) is 29.3 Å². The van der Waals surface area contributed by atoms with Gasteiger partial charge >= 0.3 is 0 Å². The van der Waals surface area contributed by atoms with E-state index in [1.54, 1.807) is 0 Å². The number of nitrogens with one attached hydrogen (secondary N) is 1. The first kappa shape index (κ1) is 20.7. The van der Waals surface area contributed by atoms with Crippen molar-refractivity contribution in [3.05, 3.63) is 35.4 Å². The van der Waals surface area contributed by atoms with E-state index >= 15 is 0 Å². The number of guanidine groups is 1. The molecular weight excluding hydrogens is 324 g/mol. The Bertz CT molecular complexity index is 531. The highest BCUT2D eigenvalue weighted by Crippen LogP contribution is 2.14. The van der Waals surface area contributed by atoms with Crippen molar-refractivity contribution in [2.45, 2.75) is 52.8 Å². The standard InChI is InChI=1S/C21H36N4O/c1-5-24(6-2)17-19-10-8-18(9-11-19)16-23-21(22-4)25-14-12-20(13-15-25)26-7-3/h8-11,20H,5-7,12-17H2,1-4H3,(H,22,23). The number of aliphatic imine (C=N–C) groups is 1. The van der Waals surface area contributed by atoms with Gasteiger partial charge in [-0.25, -0.2) is 0 Å². The van der Waals surface area contributed by atoms with Gasteiger partial charge in [0.25, 0.3) is 0 Å². The predicted octanol–water partition coefficient (Wildman–Crippen LogP) is 3.10. The number of piperidine rings is 1. The van der Waals surface area contributed by atoms with E-state index in [2.05, 4.69) is 65.1 Å². The molecule has 1 aromatic carbocycles. The molecule has 1 aliphatic heterocycles. The maximum absolute atomic E-state index is 5.74. The lowest BCUT2D eigenvalue weighted by Crippen LogP contribution is -2.46. The van der Waals surface area contributed by atoms with E-state index < -0.39 is 0 Å². The Morgan fingerprint density at radius 2 is 1.73 bits per heavy atom. The number of hydrogen-bond acceptors (Lipinski definition) is 3. The van der Waals surface area contributed by atoms with Crippen LogP contribution in [0.2, 0.25) is 0 Å². The second-order valence-electron chi connectivity index (χ2n) is 6.82. The third-order valence-electron chi connectivity index (χ3n) is 5.13. The molecule has 0 bridgehead atoms. The first-order valence-corrected chi connectivity index (χ1v) is 10.1. The lowest BCUT2D eigenvalue weighted by atomic mass is 10.1. The topological polar surface area (TPSA) is 40.1 Å². The van der Waals surface area contributed by atoms with Crippen molar-refractivity contribution in [3.8, 4) is 0 Å². The van der Waals surface area contributed by atoms with Gasteiger partial charge in [0.15, 0.2) is 5.96 Å². The smallest absolute Gasteiger partial charge is 0.193 e. The molecule has 1 N–H and O–H groups in total. The Morgan fingerprint density at radius 1 is 1.12 bits per heavy atom. The predicted molar refractivity (Wildman–Crippen MR) is 109 cm³/mol. The molecule has 0 atom stereocenters. The molecule has 0 saturated carbocycles. The van der Waals surface area contributed by atoms with Gasteiger partial charge in [-0.1, -0.05) is 38.1 Å². The van der Waals surface area contributed by atoms with Crippen LogP contribution in [0.4, 0.5) is 0 Å². The average Bonchev–Trinajstić information content (AvgIpc) is 2.69. The first-order chi connectivity index (χ1) is 12.7. The molecule has 5 nitrogen and oxygen atoms in total. The molecular formula is C21H36N4O. The van der Waals surface area contributed by atoms with Crippen LogP contribution >= 0.6 is 0 Å². The molecule has 1 fully saturated rings. The minimum atomic E-state index is 0.410. The molecule has 146 valence electrons. The van der Waals surface area contributed by atoms with E-state index in [-0.39, 0.29) is 0 Å². The second-order valence-corrected chi connectivity index (χ2v) is 6.82. The van der Waals surface area contributed by atoms with Gasteiger partial charge in [0.05, 0.1) is 6.10 Å². The summed E-state index contributed by atoms with van der Waals surface area (Å²) in [6.07, 6.45) is 2.57. The normalized spacial score (nSPS) is 16.3. The Morgan fingerprint density at radius 3 is 2.27 bits per heavy atom. The third-order valence-corrected chi connectivity index (χ3v) is 5.13.